The molecule has 1 atom stereocenters. The smallest absolute Gasteiger partial charge is 0.124 e. The van der Waals surface area contributed by atoms with Crippen molar-refractivity contribution < 1.29 is 5.11 Å². The van der Waals surface area contributed by atoms with Crippen molar-refractivity contribution >= 4 is 23.1 Å². The number of amidine groups is 1. The van der Waals surface area contributed by atoms with Crippen molar-refractivity contribution in [3.8, 4) is 0 Å². The minimum atomic E-state index is 0.0455. The first kappa shape index (κ1) is 12.2. The van der Waals surface area contributed by atoms with E-state index in [1.54, 1.807) is 12.1 Å². The molecule has 0 aromatic heterocycles. The van der Waals surface area contributed by atoms with Crippen LogP contribution in [0, 0.1) is 11.3 Å². The summed E-state index contributed by atoms with van der Waals surface area (Å²) in [7, 11) is 0. The van der Waals surface area contributed by atoms with Gasteiger partial charge in [-0.05, 0) is 24.6 Å². The van der Waals surface area contributed by atoms with Gasteiger partial charge in [-0.3, -0.25) is 5.41 Å². The van der Waals surface area contributed by atoms with Crippen LogP contribution in [0.5, 0.6) is 0 Å². The molecule has 0 bridgehead atoms. The fourth-order valence-corrected chi connectivity index (χ4v) is 2.36. The minimum absolute atomic E-state index is 0.0455. The summed E-state index contributed by atoms with van der Waals surface area (Å²) in [6.07, 6.45) is 0.959. The van der Waals surface area contributed by atoms with Crippen molar-refractivity contribution in [3.63, 3.8) is 0 Å². The Morgan fingerprint density at radius 3 is 2.94 bits per heavy atom. The summed E-state index contributed by atoms with van der Waals surface area (Å²) in [6, 6.07) is 5.34. The number of rotatable bonds is 3. The zero-order valence-electron chi connectivity index (χ0n) is 9.49. The van der Waals surface area contributed by atoms with Crippen LogP contribution in [-0.4, -0.2) is 30.6 Å². The Kier molecular flexibility index (Phi) is 3.54. The lowest BCUT2D eigenvalue weighted by atomic mass is 10.1. The van der Waals surface area contributed by atoms with Gasteiger partial charge in [0.1, 0.15) is 5.84 Å². The third kappa shape index (κ3) is 2.53. The lowest BCUT2D eigenvalue weighted by molar-refractivity contribution is 0.238. The standard InChI is InChI=1S/C12H16ClN3O/c13-9-1-2-10(12(14)15)11(5-9)16-4-3-8(6-16)7-17/h1-2,5,8,17H,3-4,6-7H2,(H3,14,15). The second-order valence-electron chi connectivity index (χ2n) is 4.36. The van der Waals surface area contributed by atoms with Crippen LogP contribution in [0.3, 0.4) is 0 Å². The van der Waals surface area contributed by atoms with E-state index in [0.717, 1.165) is 25.2 Å². The van der Waals surface area contributed by atoms with Crippen molar-refractivity contribution in [2.24, 2.45) is 11.7 Å². The molecule has 1 aromatic carbocycles. The molecule has 17 heavy (non-hydrogen) atoms. The third-order valence-electron chi connectivity index (χ3n) is 3.13. The highest BCUT2D eigenvalue weighted by atomic mass is 35.5. The van der Waals surface area contributed by atoms with Crippen molar-refractivity contribution in [3.05, 3.63) is 28.8 Å². The maximum Gasteiger partial charge on any atom is 0.124 e. The second-order valence-corrected chi connectivity index (χ2v) is 4.79. The van der Waals surface area contributed by atoms with E-state index in [1.807, 2.05) is 6.07 Å². The van der Waals surface area contributed by atoms with E-state index < -0.39 is 0 Å². The predicted octanol–water partition coefficient (Wildman–Crippen LogP) is 1.44. The van der Waals surface area contributed by atoms with E-state index >= 15 is 0 Å². The monoisotopic (exact) mass is 253 g/mol. The van der Waals surface area contributed by atoms with Crippen LogP contribution in [0.15, 0.2) is 18.2 Å². The van der Waals surface area contributed by atoms with Gasteiger partial charge in [-0.2, -0.15) is 0 Å². The molecule has 0 spiro atoms. The molecule has 1 fully saturated rings. The molecule has 4 N–H and O–H groups in total. The molecule has 1 aliphatic rings. The molecule has 2 rings (SSSR count). The van der Waals surface area contributed by atoms with Gasteiger partial charge in [0.25, 0.3) is 0 Å². The summed E-state index contributed by atoms with van der Waals surface area (Å²) < 4.78 is 0. The topological polar surface area (TPSA) is 73.3 Å². The Morgan fingerprint density at radius 2 is 2.35 bits per heavy atom. The number of hydrogen-bond acceptors (Lipinski definition) is 3. The Balaban J connectivity index is 2.31. The molecule has 4 nitrogen and oxygen atoms in total. The van der Waals surface area contributed by atoms with Crippen LogP contribution in [0.25, 0.3) is 0 Å². The van der Waals surface area contributed by atoms with Crippen LogP contribution in [0.1, 0.15) is 12.0 Å². The van der Waals surface area contributed by atoms with E-state index in [9.17, 15) is 0 Å². The SMILES string of the molecule is N=C(N)c1ccc(Cl)cc1N1CCC(CO)C1. The predicted molar refractivity (Wildman–Crippen MR) is 69.9 cm³/mol. The summed E-state index contributed by atoms with van der Waals surface area (Å²) in [4.78, 5) is 2.13. The van der Waals surface area contributed by atoms with Crippen LogP contribution in [0.2, 0.25) is 5.02 Å². The van der Waals surface area contributed by atoms with Crippen molar-refractivity contribution in [1.82, 2.24) is 0 Å². The summed E-state index contributed by atoms with van der Waals surface area (Å²) in [5, 5.41) is 17.3. The summed E-state index contributed by atoms with van der Waals surface area (Å²) in [5.74, 6) is 0.345. The van der Waals surface area contributed by atoms with E-state index in [1.165, 1.54) is 0 Å². The van der Waals surface area contributed by atoms with Gasteiger partial charge in [0, 0.05) is 41.9 Å². The largest absolute Gasteiger partial charge is 0.396 e. The van der Waals surface area contributed by atoms with Gasteiger partial charge >= 0.3 is 0 Å². The van der Waals surface area contributed by atoms with Gasteiger partial charge in [-0.25, -0.2) is 0 Å². The summed E-state index contributed by atoms with van der Waals surface area (Å²) in [6.45, 7) is 1.86. The highest BCUT2D eigenvalue weighted by Crippen LogP contribution is 2.29. The Hall–Kier alpha value is -1.26. The first-order valence-corrected chi connectivity index (χ1v) is 5.99. The number of nitrogens with one attached hydrogen (secondary N) is 1. The highest BCUT2D eigenvalue weighted by molar-refractivity contribution is 6.31. The molecule has 1 aromatic rings. The summed E-state index contributed by atoms with van der Waals surface area (Å²) >= 11 is 5.98. The molecule has 5 heteroatoms. The molecule has 92 valence electrons. The van der Waals surface area contributed by atoms with Crippen LogP contribution < -0.4 is 10.6 Å². The van der Waals surface area contributed by atoms with Crippen molar-refractivity contribution in [1.29, 1.82) is 5.41 Å². The van der Waals surface area contributed by atoms with Gasteiger partial charge < -0.3 is 15.7 Å². The van der Waals surface area contributed by atoms with E-state index in [0.29, 0.717) is 16.5 Å². The quantitative estimate of drug-likeness (QED) is 0.564. The van der Waals surface area contributed by atoms with Crippen LogP contribution >= 0.6 is 11.6 Å². The van der Waals surface area contributed by atoms with Gasteiger partial charge in [0.2, 0.25) is 0 Å². The summed E-state index contributed by atoms with van der Waals surface area (Å²) in [5.41, 5.74) is 7.16. The number of aliphatic hydroxyl groups is 1. The maximum atomic E-state index is 9.14. The molecule has 0 aliphatic carbocycles. The average Bonchev–Trinajstić information content (AvgIpc) is 2.76. The Morgan fingerprint density at radius 1 is 1.59 bits per heavy atom. The number of nitrogens with zero attached hydrogens (tertiary/aromatic N) is 1. The molecule has 1 unspecified atom stereocenters. The number of hydrogen-bond donors (Lipinski definition) is 3. The molecule has 1 saturated heterocycles. The van der Waals surface area contributed by atoms with Gasteiger partial charge in [-0.1, -0.05) is 11.6 Å². The number of halogens is 1. The third-order valence-corrected chi connectivity index (χ3v) is 3.37. The molecule has 0 radical (unpaired) electrons. The van der Waals surface area contributed by atoms with Gasteiger partial charge in [-0.15, -0.1) is 0 Å². The molecule has 1 heterocycles. The van der Waals surface area contributed by atoms with Crippen molar-refractivity contribution in [2.75, 3.05) is 24.6 Å². The lowest BCUT2D eigenvalue weighted by Gasteiger charge is -2.21. The minimum Gasteiger partial charge on any atom is -0.396 e. The Labute approximate surface area is 105 Å². The molecule has 0 saturated carbocycles. The average molecular weight is 254 g/mol. The highest BCUT2D eigenvalue weighted by Gasteiger charge is 2.24. The first-order valence-electron chi connectivity index (χ1n) is 5.61. The molecular formula is C12H16ClN3O. The second kappa shape index (κ2) is 4.94. The van der Waals surface area contributed by atoms with Gasteiger partial charge in [0.05, 0.1) is 0 Å². The fraction of sp³-hybridized carbons (Fsp3) is 0.417. The Bertz CT molecular complexity index is 436. The van der Waals surface area contributed by atoms with Crippen molar-refractivity contribution in [2.45, 2.75) is 6.42 Å². The molecular weight excluding hydrogens is 238 g/mol. The number of anilines is 1. The van der Waals surface area contributed by atoms with E-state index in [-0.39, 0.29) is 12.4 Å². The zero-order chi connectivity index (χ0) is 12.4. The lowest BCUT2D eigenvalue weighted by Crippen LogP contribution is -2.24. The van der Waals surface area contributed by atoms with E-state index in [2.05, 4.69) is 4.90 Å². The van der Waals surface area contributed by atoms with E-state index in [4.69, 9.17) is 27.9 Å². The first-order chi connectivity index (χ1) is 8.11. The normalized spacial score (nSPS) is 19.6. The zero-order valence-corrected chi connectivity index (χ0v) is 10.2. The van der Waals surface area contributed by atoms with Crippen LogP contribution in [0.4, 0.5) is 5.69 Å². The molecule has 1 aliphatic heterocycles. The number of aliphatic hydroxyl groups excluding tert-OH is 1. The number of nitrogens with two attached hydrogens (primary N) is 1. The number of benzene rings is 1. The van der Waals surface area contributed by atoms with Crippen LogP contribution in [-0.2, 0) is 0 Å². The fourth-order valence-electron chi connectivity index (χ4n) is 2.19. The van der Waals surface area contributed by atoms with Gasteiger partial charge in [0.15, 0.2) is 0 Å². The number of nitrogen functional groups attached to an aromatic ring is 1. The maximum absolute atomic E-state index is 9.14. The molecule has 0 amide bonds.